The highest BCUT2D eigenvalue weighted by Gasteiger charge is 2.08. The van der Waals surface area contributed by atoms with Gasteiger partial charge in [0.1, 0.15) is 0 Å². The van der Waals surface area contributed by atoms with Crippen molar-refractivity contribution < 1.29 is 0 Å². The van der Waals surface area contributed by atoms with Crippen molar-refractivity contribution >= 4 is 0 Å². The molecule has 0 unspecified atom stereocenters. The van der Waals surface area contributed by atoms with Crippen molar-refractivity contribution in [3.05, 3.63) is 35.9 Å². The fraction of sp³-hybridized carbons (Fsp3) is 0.417. The van der Waals surface area contributed by atoms with E-state index in [9.17, 15) is 0 Å². The highest BCUT2D eigenvalue weighted by Crippen LogP contribution is 2.10. The fourth-order valence-corrected chi connectivity index (χ4v) is 1.62. The summed E-state index contributed by atoms with van der Waals surface area (Å²) in [5, 5.41) is 7.68. The Kier molecular flexibility index (Phi) is 3.82. The summed E-state index contributed by atoms with van der Waals surface area (Å²) in [6.45, 7) is 6.05. The lowest BCUT2D eigenvalue weighted by Gasteiger charge is -2.04. The molecule has 5 heteroatoms. The average molecular weight is 231 g/mol. The molecule has 1 N–H and O–H groups in total. The molecule has 0 aliphatic carbocycles. The molecule has 0 spiro atoms. The number of aromatic nitrogens is 4. The van der Waals surface area contributed by atoms with Crippen LogP contribution >= 0.6 is 0 Å². The van der Waals surface area contributed by atoms with Gasteiger partial charge in [-0.15, -0.1) is 0 Å². The third-order valence-electron chi connectivity index (χ3n) is 2.60. The van der Waals surface area contributed by atoms with Crippen LogP contribution in [0.5, 0.6) is 0 Å². The molecule has 0 fully saturated rings. The Morgan fingerprint density at radius 2 is 2.06 bits per heavy atom. The Morgan fingerprint density at radius 1 is 1.29 bits per heavy atom. The maximum atomic E-state index is 4.32. The summed E-state index contributed by atoms with van der Waals surface area (Å²) in [6, 6.07) is 1.80. The lowest BCUT2D eigenvalue weighted by molar-refractivity contribution is 0.671. The summed E-state index contributed by atoms with van der Waals surface area (Å²) >= 11 is 0. The van der Waals surface area contributed by atoms with E-state index in [-0.39, 0.29) is 0 Å². The lowest BCUT2D eigenvalue weighted by Crippen LogP contribution is -2.14. The van der Waals surface area contributed by atoms with Gasteiger partial charge in [-0.05, 0) is 26.0 Å². The van der Waals surface area contributed by atoms with Crippen molar-refractivity contribution in [2.75, 3.05) is 6.54 Å². The van der Waals surface area contributed by atoms with E-state index in [0.717, 1.165) is 25.2 Å². The molecule has 0 radical (unpaired) electrons. The summed E-state index contributed by atoms with van der Waals surface area (Å²) in [5.74, 6) is 0.617. The minimum absolute atomic E-state index is 0.617. The molecule has 0 aliphatic rings. The van der Waals surface area contributed by atoms with E-state index in [2.05, 4.69) is 27.3 Å². The van der Waals surface area contributed by atoms with E-state index < -0.39 is 0 Å². The Morgan fingerprint density at radius 3 is 2.76 bits per heavy atom. The van der Waals surface area contributed by atoms with Crippen molar-refractivity contribution in [2.45, 2.75) is 26.8 Å². The van der Waals surface area contributed by atoms with Crippen LogP contribution < -0.4 is 5.32 Å². The molecular weight excluding hydrogens is 214 g/mol. The van der Waals surface area contributed by atoms with Gasteiger partial charge in [-0.1, -0.05) is 6.92 Å². The zero-order valence-electron chi connectivity index (χ0n) is 10.2. The van der Waals surface area contributed by atoms with Crippen molar-refractivity contribution in [1.82, 2.24) is 25.1 Å². The molecule has 0 bridgehead atoms. The van der Waals surface area contributed by atoms with Crippen molar-refractivity contribution in [2.24, 2.45) is 0 Å². The summed E-state index contributed by atoms with van der Waals surface area (Å²) in [5.41, 5.74) is 2.27. The van der Waals surface area contributed by atoms with Gasteiger partial charge >= 0.3 is 0 Å². The van der Waals surface area contributed by atoms with Crippen LogP contribution in [0.1, 0.15) is 24.6 Å². The van der Waals surface area contributed by atoms with Crippen LogP contribution in [0.3, 0.4) is 0 Å². The first-order valence-corrected chi connectivity index (χ1v) is 5.84. The third-order valence-corrected chi connectivity index (χ3v) is 2.60. The summed E-state index contributed by atoms with van der Waals surface area (Å²) in [7, 11) is 0. The molecule has 2 aromatic heterocycles. The number of rotatable bonds is 5. The van der Waals surface area contributed by atoms with Gasteiger partial charge in [0.25, 0.3) is 5.95 Å². The van der Waals surface area contributed by atoms with E-state index in [0.29, 0.717) is 5.95 Å². The first-order valence-electron chi connectivity index (χ1n) is 5.84. The maximum absolute atomic E-state index is 4.32. The average Bonchev–Trinajstić information content (AvgIpc) is 2.73. The molecule has 2 heterocycles. The number of hydrogen-bond acceptors (Lipinski definition) is 4. The zero-order valence-corrected chi connectivity index (χ0v) is 10.2. The van der Waals surface area contributed by atoms with Gasteiger partial charge in [-0.2, -0.15) is 5.10 Å². The van der Waals surface area contributed by atoms with Gasteiger partial charge in [0.15, 0.2) is 0 Å². The fourth-order valence-electron chi connectivity index (χ4n) is 1.62. The molecule has 0 atom stereocenters. The molecule has 0 saturated heterocycles. The van der Waals surface area contributed by atoms with Crippen LogP contribution in [0.25, 0.3) is 5.95 Å². The van der Waals surface area contributed by atoms with E-state index in [1.165, 1.54) is 5.56 Å². The second-order valence-electron chi connectivity index (χ2n) is 3.89. The smallest absolute Gasteiger partial charge is 0.250 e. The van der Waals surface area contributed by atoms with Crippen LogP contribution in [0.4, 0.5) is 0 Å². The molecular formula is C12H17N5. The molecule has 0 aliphatic heterocycles. The largest absolute Gasteiger partial charge is 0.313 e. The van der Waals surface area contributed by atoms with E-state index in [1.54, 1.807) is 23.1 Å². The van der Waals surface area contributed by atoms with E-state index in [1.807, 2.05) is 13.1 Å². The number of hydrogen-bond donors (Lipinski definition) is 1. The minimum Gasteiger partial charge on any atom is -0.313 e. The maximum Gasteiger partial charge on any atom is 0.250 e. The standard InChI is InChI=1S/C12H17N5/c1-3-5-13-8-11-9-16-17(10(11)2)12-14-6-4-7-15-12/h4,6-7,9,13H,3,5,8H2,1-2H3. The molecule has 90 valence electrons. The Bertz CT molecular complexity index is 463. The van der Waals surface area contributed by atoms with Crippen molar-refractivity contribution in [3.8, 4) is 5.95 Å². The second-order valence-corrected chi connectivity index (χ2v) is 3.89. The van der Waals surface area contributed by atoms with Crippen LogP contribution in [0.15, 0.2) is 24.7 Å². The highest BCUT2D eigenvalue weighted by molar-refractivity contribution is 5.22. The van der Waals surface area contributed by atoms with Gasteiger partial charge < -0.3 is 5.32 Å². The van der Waals surface area contributed by atoms with E-state index >= 15 is 0 Å². The Labute approximate surface area is 101 Å². The second kappa shape index (κ2) is 5.54. The van der Waals surface area contributed by atoms with Gasteiger partial charge in [-0.3, -0.25) is 0 Å². The minimum atomic E-state index is 0.617. The predicted octanol–water partition coefficient (Wildman–Crippen LogP) is 1.47. The van der Waals surface area contributed by atoms with Crippen molar-refractivity contribution in [3.63, 3.8) is 0 Å². The summed E-state index contributed by atoms with van der Waals surface area (Å²) < 4.78 is 1.77. The Hall–Kier alpha value is -1.75. The Balaban J connectivity index is 2.15. The summed E-state index contributed by atoms with van der Waals surface area (Å²) in [4.78, 5) is 8.38. The van der Waals surface area contributed by atoms with Crippen LogP contribution in [-0.2, 0) is 6.54 Å². The molecule has 2 aromatic rings. The van der Waals surface area contributed by atoms with Gasteiger partial charge in [0.05, 0.1) is 6.20 Å². The predicted molar refractivity (Wildman–Crippen MR) is 65.9 cm³/mol. The molecule has 0 aromatic carbocycles. The molecule has 0 amide bonds. The van der Waals surface area contributed by atoms with Crippen LogP contribution in [0.2, 0.25) is 0 Å². The first kappa shape index (κ1) is 11.7. The topological polar surface area (TPSA) is 55.6 Å². The normalized spacial score (nSPS) is 10.7. The summed E-state index contributed by atoms with van der Waals surface area (Å²) in [6.07, 6.45) is 6.44. The van der Waals surface area contributed by atoms with Gasteiger partial charge in [0, 0.05) is 30.2 Å². The number of nitrogens with zero attached hydrogens (tertiary/aromatic N) is 4. The van der Waals surface area contributed by atoms with Crippen molar-refractivity contribution in [1.29, 1.82) is 0 Å². The van der Waals surface area contributed by atoms with Crippen LogP contribution in [-0.4, -0.2) is 26.3 Å². The zero-order chi connectivity index (χ0) is 12.1. The van der Waals surface area contributed by atoms with E-state index in [4.69, 9.17) is 0 Å². The molecule has 2 rings (SSSR count). The SMILES string of the molecule is CCCNCc1cnn(-c2ncccn2)c1C. The number of nitrogens with one attached hydrogen (secondary N) is 1. The van der Waals surface area contributed by atoms with Crippen LogP contribution in [0, 0.1) is 6.92 Å². The highest BCUT2D eigenvalue weighted by atomic mass is 15.3. The third kappa shape index (κ3) is 2.68. The molecule has 0 saturated carbocycles. The quantitative estimate of drug-likeness (QED) is 0.792. The van der Waals surface area contributed by atoms with Gasteiger partial charge in [-0.25, -0.2) is 14.6 Å². The van der Waals surface area contributed by atoms with Gasteiger partial charge in [0.2, 0.25) is 0 Å². The monoisotopic (exact) mass is 231 g/mol. The molecule has 17 heavy (non-hydrogen) atoms. The first-order chi connectivity index (χ1) is 8.33. The lowest BCUT2D eigenvalue weighted by atomic mass is 10.2. The molecule has 5 nitrogen and oxygen atoms in total.